The zero-order valence-corrected chi connectivity index (χ0v) is 20.6. The van der Waals surface area contributed by atoms with Crippen LogP contribution in [0.15, 0.2) is 48.5 Å². The molecule has 1 unspecified atom stereocenters. The third-order valence-corrected chi connectivity index (χ3v) is 6.36. The highest BCUT2D eigenvalue weighted by atomic mass is 35.5. The lowest BCUT2D eigenvalue weighted by atomic mass is 10.1. The van der Waals surface area contributed by atoms with E-state index in [1.54, 1.807) is 28.8 Å². The number of carbonyl (C=O) groups excluding carboxylic acids is 2. The number of amides is 2. The lowest BCUT2D eigenvalue weighted by Crippen LogP contribution is -2.50. The molecule has 0 radical (unpaired) electrons. The Morgan fingerprint density at radius 3 is 2.42 bits per heavy atom. The van der Waals surface area contributed by atoms with Crippen molar-refractivity contribution in [2.24, 2.45) is 0 Å². The predicted octanol–water partition coefficient (Wildman–Crippen LogP) is 5.95. The van der Waals surface area contributed by atoms with Crippen LogP contribution >= 0.6 is 35.0 Å². The SMILES string of the molecule is CCC(C(=O)NC(C)C)N(Cc1ccc(Cl)cc1Cl)C(=O)CCSCc1ccccc1. The van der Waals surface area contributed by atoms with Gasteiger partial charge in [-0.05, 0) is 43.5 Å². The van der Waals surface area contributed by atoms with E-state index in [0.717, 1.165) is 11.3 Å². The molecule has 0 fully saturated rings. The summed E-state index contributed by atoms with van der Waals surface area (Å²) in [5.74, 6) is 1.33. The van der Waals surface area contributed by atoms with Crippen molar-refractivity contribution < 1.29 is 9.59 Å². The monoisotopic (exact) mass is 480 g/mol. The van der Waals surface area contributed by atoms with Gasteiger partial charge < -0.3 is 10.2 Å². The molecule has 168 valence electrons. The van der Waals surface area contributed by atoms with Crippen LogP contribution in [0.4, 0.5) is 0 Å². The molecule has 4 nitrogen and oxygen atoms in total. The maximum absolute atomic E-state index is 13.2. The molecule has 1 N–H and O–H groups in total. The molecular weight excluding hydrogens is 451 g/mol. The van der Waals surface area contributed by atoms with Crippen molar-refractivity contribution in [1.29, 1.82) is 0 Å². The summed E-state index contributed by atoms with van der Waals surface area (Å²) in [5, 5.41) is 3.96. The topological polar surface area (TPSA) is 49.4 Å². The molecule has 2 aromatic rings. The summed E-state index contributed by atoms with van der Waals surface area (Å²) in [4.78, 5) is 27.7. The highest BCUT2D eigenvalue weighted by Gasteiger charge is 2.29. The number of benzene rings is 2. The minimum atomic E-state index is -0.555. The van der Waals surface area contributed by atoms with Gasteiger partial charge in [0.05, 0.1) is 0 Å². The maximum Gasteiger partial charge on any atom is 0.243 e. The van der Waals surface area contributed by atoms with E-state index in [1.807, 2.05) is 45.0 Å². The Kier molecular flexibility index (Phi) is 10.7. The summed E-state index contributed by atoms with van der Waals surface area (Å²) in [7, 11) is 0. The van der Waals surface area contributed by atoms with Crippen molar-refractivity contribution in [3.63, 3.8) is 0 Å². The minimum Gasteiger partial charge on any atom is -0.352 e. The molecule has 2 rings (SSSR count). The first kappa shape index (κ1) is 25.6. The number of nitrogens with one attached hydrogen (secondary N) is 1. The first-order valence-electron chi connectivity index (χ1n) is 10.5. The van der Waals surface area contributed by atoms with E-state index in [0.29, 0.717) is 28.6 Å². The second kappa shape index (κ2) is 13.0. The van der Waals surface area contributed by atoms with Gasteiger partial charge in [0, 0.05) is 40.6 Å². The van der Waals surface area contributed by atoms with Gasteiger partial charge in [-0.15, -0.1) is 0 Å². The van der Waals surface area contributed by atoms with Crippen LogP contribution in [0.5, 0.6) is 0 Å². The molecule has 1 atom stereocenters. The maximum atomic E-state index is 13.2. The predicted molar refractivity (Wildman–Crippen MR) is 132 cm³/mol. The molecule has 0 bridgehead atoms. The molecule has 31 heavy (non-hydrogen) atoms. The smallest absolute Gasteiger partial charge is 0.243 e. The van der Waals surface area contributed by atoms with Crippen LogP contribution < -0.4 is 5.32 Å². The minimum absolute atomic E-state index is 0.000880. The number of thioether (sulfide) groups is 1. The van der Waals surface area contributed by atoms with Gasteiger partial charge in [0.25, 0.3) is 0 Å². The molecular formula is C24H30Cl2N2O2S. The van der Waals surface area contributed by atoms with Crippen LogP contribution in [-0.4, -0.2) is 34.6 Å². The zero-order valence-electron chi connectivity index (χ0n) is 18.2. The largest absolute Gasteiger partial charge is 0.352 e. The van der Waals surface area contributed by atoms with Gasteiger partial charge >= 0.3 is 0 Å². The van der Waals surface area contributed by atoms with Crippen LogP contribution in [0.25, 0.3) is 0 Å². The van der Waals surface area contributed by atoms with Crippen molar-refractivity contribution in [2.45, 2.75) is 58.0 Å². The van der Waals surface area contributed by atoms with Crippen LogP contribution in [-0.2, 0) is 21.9 Å². The Hall–Kier alpha value is -1.69. The summed E-state index contributed by atoms with van der Waals surface area (Å²) >= 11 is 14.1. The summed E-state index contributed by atoms with van der Waals surface area (Å²) in [6.07, 6.45) is 0.876. The highest BCUT2D eigenvalue weighted by molar-refractivity contribution is 7.98. The summed E-state index contributed by atoms with van der Waals surface area (Å²) in [6.45, 7) is 6.00. The second-order valence-electron chi connectivity index (χ2n) is 7.63. The van der Waals surface area contributed by atoms with Gasteiger partial charge in [0.15, 0.2) is 0 Å². The van der Waals surface area contributed by atoms with E-state index >= 15 is 0 Å². The van der Waals surface area contributed by atoms with E-state index in [4.69, 9.17) is 23.2 Å². The highest BCUT2D eigenvalue weighted by Crippen LogP contribution is 2.24. The van der Waals surface area contributed by atoms with Crippen molar-refractivity contribution in [1.82, 2.24) is 10.2 Å². The molecule has 0 heterocycles. The number of hydrogen-bond acceptors (Lipinski definition) is 3. The molecule has 0 spiro atoms. The lowest BCUT2D eigenvalue weighted by molar-refractivity contribution is -0.141. The Labute approximate surface area is 199 Å². The van der Waals surface area contributed by atoms with E-state index in [9.17, 15) is 9.59 Å². The number of hydrogen-bond donors (Lipinski definition) is 1. The molecule has 0 aliphatic heterocycles. The quantitative estimate of drug-likeness (QED) is 0.404. The fraction of sp³-hybridized carbons (Fsp3) is 0.417. The van der Waals surface area contributed by atoms with E-state index < -0.39 is 6.04 Å². The normalized spacial score (nSPS) is 11.9. The van der Waals surface area contributed by atoms with Crippen molar-refractivity contribution in [3.8, 4) is 0 Å². The van der Waals surface area contributed by atoms with E-state index in [-0.39, 0.29) is 24.4 Å². The molecule has 7 heteroatoms. The van der Waals surface area contributed by atoms with Crippen molar-refractivity contribution in [3.05, 3.63) is 69.7 Å². The van der Waals surface area contributed by atoms with Crippen LogP contribution in [0, 0.1) is 0 Å². The lowest BCUT2D eigenvalue weighted by Gasteiger charge is -2.31. The second-order valence-corrected chi connectivity index (χ2v) is 9.58. The molecule has 0 saturated heterocycles. The molecule has 2 amide bonds. The molecule has 0 aliphatic carbocycles. The Balaban J connectivity index is 2.10. The average Bonchev–Trinajstić information content (AvgIpc) is 2.72. The molecule has 0 aromatic heterocycles. The summed E-state index contributed by atoms with van der Waals surface area (Å²) < 4.78 is 0. The molecule has 2 aromatic carbocycles. The van der Waals surface area contributed by atoms with Crippen LogP contribution in [0.3, 0.4) is 0 Å². The fourth-order valence-electron chi connectivity index (χ4n) is 3.20. The Morgan fingerprint density at radius 1 is 1.10 bits per heavy atom. The van der Waals surface area contributed by atoms with Crippen LogP contribution in [0.1, 0.15) is 44.7 Å². The Morgan fingerprint density at radius 2 is 1.81 bits per heavy atom. The van der Waals surface area contributed by atoms with Gasteiger partial charge in [-0.1, -0.05) is 66.5 Å². The van der Waals surface area contributed by atoms with Gasteiger partial charge in [0.2, 0.25) is 11.8 Å². The third-order valence-electron chi connectivity index (χ3n) is 4.74. The first-order valence-corrected chi connectivity index (χ1v) is 12.4. The third kappa shape index (κ3) is 8.40. The Bertz CT molecular complexity index is 862. The summed E-state index contributed by atoms with van der Waals surface area (Å²) in [5.41, 5.74) is 2.00. The van der Waals surface area contributed by atoms with Gasteiger partial charge in [0.1, 0.15) is 6.04 Å². The standard InChI is InChI=1S/C24H30Cl2N2O2S/c1-4-22(24(30)27-17(2)3)28(15-19-10-11-20(25)14-21(19)26)23(29)12-13-31-16-18-8-6-5-7-9-18/h5-11,14,17,22H,4,12-13,15-16H2,1-3H3,(H,27,30). The van der Waals surface area contributed by atoms with Crippen molar-refractivity contribution >= 4 is 46.8 Å². The average molecular weight is 481 g/mol. The van der Waals surface area contributed by atoms with Gasteiger partial charge in [-0.2, -0.15) is 11.8 Å². The van der Waals surface area contributed by atoms with Crippen molar-refractivity contribution in [2.75, 3.05) is 5.75 Å². The number of halogens is 2. The summed E-state index contributed by atoms with van der Waals surface area (Å²) in [6, 6.07) is 14.8. The molecule has 0 aliphatic rings. The fourth-order valence-corrected chi connectivity index (χ4v) is 4.56. The number of rotatable bonds is 11. The van der Waals surface area contributed by atoms with Gasteiger partial charge in [-0.25, -0.2) is 0 Å². The number of carbonyl (C=O) groups is 2. The molecule has 0 saturated carbocycles. The van der Waals surface area contributed by atoms with E-state index in [1.165, 1.54) is 5.56 Å². The van der Waals surface area contributed by atoms with E-state index in [2.05, 4.69) is 17.4 Å². The van der Waals surface area contributed by atoms with Crippen LogP contribution in [0.2, 0.25) is 10.0 Å². The first-order chi connectivity index (χ1) is 14.8. The van der Waals surface area contributed by atoms with Gasteiger partial charge in [-0.3, -0.25) is 9.59 Å². The zero-order chi connectivity index (χ0) is 22.8. The number of nitrogens with zero attached hydrogens (tertiary/aromatic N) is 1.